The Morgan fingerprint density at radius 1 is 1.03 bits per heavy atom. The molecule has 0 unspecified atom stereocenters. The number of aromatic nitrogens is 1. The average Bonchev–Trinajstić information content (AvgIpc) is 3.07. The SMILES string of the molecule is CCOC(=O)c1c(C)[nH]c(C(=O)N2CCN(C(=O)c3cccc(OC)c3)CC2)c1C. The van der Waals surface area contributed by atoms with E-state index >= 15 is 0 Å². The number of carbonyl (C=O) groups excluding carboxylic acids is 3. The predicted molar refractivity (Wildman–Crippen MR) is 111 cm³/mol. The Morgan fingerprint density at radius 2 is 1.67 bits per heavy atom. The smallest absolute Gasteiger partial charge is 0.340 e. The van der Waals surface area contributed by atoms with Crippen LogP contribution in [0.25, 0.3) is 0 Å². The van der Waals surface area contributed by atoms with Gasteiger partial charge in [-0.15, -0.1) is 0 Å². The number of amides is 2. The fourth-order valence-electron chi connectivity index (χ4n) is 3.68. The van der Waals surface area contributed by atoms with Crippen molar-refractivity contribution in [1.82, 2.24) is 14.8 Å². The Bertz CT molecular complexity index is 958. The van der Waals surface area contributed by atoms with E-state index in [0.717, 1.165) is 0 Å². The third kappa shape index (κ3) is 4.17. The van der Waals surface area contributed by atoms with E-state index in [-0.39, 0.29) is 18.4 Å². The van der Waals surface area contributed by atoms with Crippen LogP contribution < -0.4 is 4.74 Å². The van der Waals surface area contributed by atoms with E-state index in [1.165, 1.54) is 0 Å². The Hall–Kier alpha value is -3.29. The number of aryl methyl sites for hydroxylation is 1. The van der Waals surface area contributed by atoms with Crippen LogP contribution in [0.1, 0.15) is 49.4 Å². The minimum absolute atomic E-state index is 0.0857. The van der Waals surface area contributed by atoms with Gasteiger partial charge in [-0.1, -0.05) is 6.07 Å². The van der Waals surface area contributed by atoms with Gasteiger partial charge >= 0.3 is 5.97 Å². The molecule has 1 aliphatic rings. The number of H-pyrrole nitrogens is 1. The minimum Gasteiger partial charge on any atom is -0.497 e. The zero-order valence-electron chi connectivity index (χ0n) is 17.8. The van der Waals surface area contributed by atoms with E-state index in [1.807, 2.05) is 0 Å². The van der Waals surface area contributed by atoms with Crippen LogP contribution in [0.4, 0.5) is 0 Å². The highest BCUT2D eigenvalue weighted by molar-refractivity contribution is 6.01. The number of piperazine rings is 1. The number of rotatable bonds is 5. The quantitative estimate of drug-likeness (QED) is 0.760. The molecule has 1 N–H and O–H groups in total. The van der Waals surface area contributed by atoms with Crippen molar-refractivity contribution in [1.29, 1.82) is 0 Å². The highest BCUT2D eigenvalue weighted by atomic mass is 16.5. The number of nitrogens with zero attached hydrogens (tertiary/aromatic N) is 2. The van der Waals surface area contributed by atoms with Gasteiger partial charge in [-0.3, -0.25) is 9.59 Å². The second-order valence-electron chi connectivity index (χ2n) is 7.16. The number of hydrogen-bond acceptors (Lipinski definition) is 5. The van der Waals surface area contributed by atoms with Crippen LogP contribution in [-0.2, 0) is 4.74 Å². The molecule has 1 fully saturated rings. The molecule has 0 atom stereocenters. The lowest BCUT2D eigenvalue weighted by Crippen LogP contribution is -2.50. The lowest BCUT2D eigenvalue weighted by Gasteiger charge is -2.34. The summed E-state index contributed by atoms with van der Waals surface area (Å²) in [5.41, 5.74) is 2.56. The van der Waals surface area contributed by atoms with Crippen LogP contribution in [0.2, 0.25) is 0 Å². The Kier molecular flexibility index (Phi) is 6.44. The van der Waals surface area contributed by atoms with Gasteiger partial charge in [0.05, 0.1) is 19.3 Å². The molecule has 2 aromatic rings. The van der Waals surface area contributed by atoms with Crippen molar-refractivity contribution in [3.8, 4) is 5.75 Å². The van der Waals surface area contributed by atoms with Crippen molar-refractivity contribution in [2.24, 2.45) is 0 Å². The summed E-state index contributed by atoms with van der Waals surface area (Å²) in [5, 5.41) is 0. The molecule has 2 amide bonds. The van der Waals surface area contributed by atoms with Gasteiger partial charge in [0, 0.05) is 37.4 Å². The molecule has 0 aliphatic carbocycles. The van der Waals surface area contributed by atoms with Gasteiger partial charge in [0.15, 0.2) is 0 Å². The molecule has 1 aliphatic heterocycles. The highest BCUT2D eigenvalue weighted by Crippen LogP contribution is 2.22. The first-order chi connectivity index (χ1) is 14.4. The standard InChI is InChI=1S/C22H27N3O5/c1-5-30-22(28)18-14(2)19(23-15(18)3)21(27)25-11-9-24(10-12-25)20(26)16-7-6-8-17(13-16)29-4/h6-8,13,23H,5,9-12H2,1-4H3. The number of hydrogen-bond donors (Lipinski definition) is 1. The van der Waals surface area contributed by atoms with Crippen molar-refractivity contribution in [3.05, 3.63) is 52.3 Å². The molecular formula is C22H27N3O5. The van der Waals surface area contributed by atoms with E-state index in [0.29, 0.717) is 60.0 Å². The average molecular weight is 413 g/mol. The number of nitrogens with one attached hydrogen (secondary N) is 1. The summed E-state index contributed by atoms with van der Waals surface area (Å²) in [4.78, 5) is 44.4. The van der Waals surface area contributed by atoms with E-state index < -0.39 is 5.97 Å². The van der Waals surface area contributed by atoms with Crippen molar-refractivity contribution in [2.75, 3.05) is 39.9 Å². The molecule has 8 heteroatoms. The molecule has 0 spiro atoms. The summed E-state index contributed by atoms with van der Waals surface area (Å²) in [7, 11) is 1.56. The van der Waals surface area contributed by atoms with Gasteiger partial charge in [-0.2, -0.15) is 0 Å². The number of esters is 1. The van der Waals surface area contributed by atoms with Crippen molar-refractivity contribution < 1.29 is 23.9 Å². The number of methoxy groups -OCH3 is 1. The Labute approximate surface area is 175 Å². The molecule has 3 rings (SSSR count). The lowest BCUT2D eigenvalue weighted by molar-refractivity contribution is 0.0522. The molecular weight excluding hydrogens is 386 g/mol. The van der Waals surface area contributed by atoms with Crippen LogP contribution in [0.5, 0.6) is 5.75 Å². The van der Waals surface area contributed by atoms with Crippen LogP contribution >= 0.6 is 0 Å². The molecule has 0 bridgehead atoms. The monoisotopic (exact) mass is 413 g/mol. The van der Waals surface area contributed by atoms with E-state index in [4.69, 9.17) is 9.47 Å². The molecule has 160 valence electrons. The molecule has 1 aromatic carbocycles. The van der Waals surface area contributed by atoms with Gasteiger partial charge in [0.2, 0.25) is 0 Å². The Morgan fingerprint density at radius 3 is 2.27 bits per heavy atom. The predicted octanol–water partition coefficient (Wildman–Crippen LogP) is 2.42. The van der Waals surface area contributed by atoms with E-state index in [1.54, 1.807) is 61.9 Å². The summed E-state index contributed by atoms with van der Waals surface area (Å²) < 4.78 is 10.3. The molecule has 1 aromatic heterocycles. The molecule has 30 heavy (non-hydrogen) atoms. The number of aromatic amines is 1. The second kappa shape index (κ2) is 9.02. The summed E-state index contributed by atoms with van der Waals surface area (Å²) >= 11 is 0. The summed E-state index contributed by atoms with van der Waals surface area (Å²) in [6, 6.07) is 7.04. The lowest BCUT2D eigenvalue weighted by atomic mass is 10.1. The van der Waals surface area contributed by atoms with Gasteiger partial charge < -0.3 is 24.3 Å². The zero-order valence-corrected chi connectivity index (χ0v) is 17.8. The largest absolute Gasteiger partial charge is 0.497 e. The summed E-state index contributed by atoms with van der Waals surface area (Å²) in [5.74, 6) is -0.0710. The number of benzene rings is 1. The van der Waals surface area contributed by atoms with Crippen molar-refractivity contribution >= 4 is 17.8 Å². The van der Waals surface area contributed by atoms with Gasteiger partial charge in [-0.25, -0.2) is 4.79 Å². The maximum Gasteiger partial charge on any atom is 0.340 e. The zero-order chi connectivity index (χ0) is 21.8. The highest BCUT2D eigenvalue weighted by Gasteiger charge is 2.29. The molecule has 8 nitrogen and oxygen atoms in total. The fraction of sp³-hybridized carbons (Fsp3) is 0.409. The molecule has 0 radical (unpaired) electrons. The second-order valence-corrected chi connectivity index (χ2v) is 7.16. The maximum absolute atomic E-state index is 13.0. The maximum atomic E-state index is 13.0. The first-order valence-electron chi connectivity index (χ1n) is 9.96. The third-order valence-electron chi connectivity index (χ3n) is 5.30. The van der Waals surface area contributed by atoms with Crippen LogP contribution in [-0.4, -0.2) is 72.5 Å². The molecule has 0 saturated carbocycles. The normalized spacial score (nSPS) is 13.9. The van der Waals surface area contributed by atoms with E-state index in [9.17, 15) is 14.4 Å². The van der Waals surface area contributed by atoms with Crippen molar-refractivity contribution in [3.63, 3.8) is 0 Å². The van der Waals surface area contributed by atoms with Crippen molar-refractivity contribution in [2.45, 2.75) is 20.8 Å². The van der Waals surface area contributed by atoms with E-state index in [2.05, 4.69) is 4.98 Å². The summed E-state index contributed by atoms with van der Waals surface area (Å²) in [6.45, 7) is 7.22. The van der Waals surface area contributed by atoms with Gasteiger partial charge in [0.1, 0.15) is 11.4 Å². The van der Waals surface area contributed by atoms with Gasteiger partial charge in [0.25, 0.3) is 11.8 Å². The third-order valence-corrected chi connectivity index (χ3v) is 5.30. The Balaban J connectivity index is 1.68. The first kappa shape index (κ1) is 21.4. The topological polar surface area (TPSA) is 91.9 Å². The number of ether oxygens (including phenoxy) is 2. The van der Waals surface area contributed by atoms with Crippen LogP contribution in [0.15, 0.2) is 24.3 Å². The first-order valence-corrected chi connectivity index (χ1v) is 9.96. The minimum atomic E-state index is -0.434. The van der Waals surface area contributed by atoms with Gasteiger partial charge in [-0.05, 0) is 44.5 Å². The number of carbonyl (C=O) groups is 3. The molecule has 1 saturated heterocycles. The molecule has 2 heterocycles. The van der Waals surface area contributed by atoms with Crippen LogP contribution in [0, 0.1) is 13.8 Å². The fourth-order valence-corrected chi connectivity index (χ4v) is 3.68. The van der Waals surface area contributed by atoms with Crippen LogP contribution in [0.3, 0.4) is 0 Å². The summed E-state index contributed by atoms with van der Waals surface area (Å²) in [6.07, 6.45) is 0.